The van der Waals surface area contributed by atoms with E-state index in [1.54, 1.807) is 24.5 Å². The lowest BCUT2D eigenvalue weighted by Gasteiger charge is -2.14. The molecular weight excluding hydrogens is 217 g/mol. The highest BCUT2D eigenvalue weighted by Crippen LogP contribution is 2.10. The van der Waals surface area contributed by atoms with E-state index in [2.05, 4.69) is 15.3 Å². The Kier molecular flexibility index (Phi) is 3.65. The molecule has 1 atom stereocenters. The van der Waals surface area contributed by atoms with Gasteiger partial charge in [0.05, 0.1) is 18.1 Å². The van der Waals surface area contributed by atoms with Gasteiger partial charge in [0.25, 0.3) is 0 Å². The van der Waals surface area contributed by atoms with Crippen LogP contribution in [0.15, 0.2) is 43.0 Å². The van der Waals surface area contributed by atoms with E-state index in [9.17, 15) is 4.39 Å². The highest BCUT2D eigenvalue weighted by molar-refractivity contribution is 5.38. The van der Waals surface area contributed by atoms with Crippen molar-refractivity contribution in [2.45, 2.75) is 19.4 Å². The zero-order chi connectivity index (χ0) is 12.1. The molecule has 2 rings (SSSR count). The summed E-state index contributed by atoms with van der Waals surface area (Å²) in [7, 11) is 0. The Morgan fingerprint density at radius 3 is 2.76 bits per heavy atom. The lowest BCUT2D eigenvalue weighted by molar-refractivity contribution is 0.624. The zero-order valence-corrected chi connectivity index (χ0v) is 9.60. The van der Waals surface area contributed by atoms with Gasteiger partial charge >= 0.3 is 0 Å². The van der Waals surface area contributed by atoms with Crippen LogP contribution in [0.4, 0.5) is 10.1 Å². The minimum absolute atomic E-state index is 0.197. The van der Waals surface area contributed by atoms with E-state index in [4.69, 9.17) is 0 Å². The highest BCUT2D eigenvalue weighted by atomic mass is 19.1. The van der Waals surface area contributed by atoms with Crippen molar-refractivity contribution in [2.24, 2.45) is 0 Å². The molecule has 0 amide bonds. The van der Waals surface area contributed by atoms with Gasteiger partial charge in [-0.15, -0.1) is 0 Å². The van der Waals surface area contributed by atoms with Crippen LogP contribution in [0.3, 0.4) is 0 Å². The molecule has 1 N–H and O–H groups in total. The molecule has 1 unspecified atom stereocenters. The average molecular weight is 231 g/mol. The summed E-state index contributed by atoms with van der Waals surface area (Å²) in [6.45, 7) is 2.04. The van der Waals surface area contributed by atoms with E-state index < -0.39 is 0 Å². The summed E-state index contributed by atoms with van der Waals surface area (Å²) in [5.74, 6) is -0.197. The van der Waals surface area contributed by atoms with Crippen molar-refractivity contribution in [2.75, 3.05) is 5.32 Å². The normalized spacial score (nSPS) is 12.1. The molecule has 0 fully saturated rings. The summed E-state index contributed by atoms with van der Waals surface area (Å²) in [6, 6.07) is 6.85. The smallest absolute Gasteiger partial charge is 0.123 e. The third kappa shape index (κ3) is 3.52. The van der Waals surface area contributed by atoms with Gasteiger partial charge in [-0.05, 0) is 31.0 Å². The number of aromatic nitrogens is 2. The zero-order valence-electron chi connectivity index (χ0n) is 9.60. The molecule has 2 aromatic rings. The van der Waals surface area contributed by atoms with Crippen LogP contribution in [0.1, 0.15) is 12.5 Å². The molecule has 1 aromatic heterocycles. The summed E-state index contributed by atoms with van der Waals surface area (Å²) in [6.07, 6.45) is 5.68. The lowest BCUT2D eigenvalue weighted by atomic mass is 10.1. The van der Waals surface area contributed by atoms with E-state index in [0.717, 1.165) is 17.7 Å². The Morgan fingerprint density at radius 2 is 2.06 bits per heavy atom. The van der Waals surface area contributed by atoms with Crippen LogP contribution in [0.25, 0.3) is 0 Å². The minimum Gasteiger partial charge on any atom is -0.380 e. The summed E-state index contributed by atoms with van der Waals surface area (Å²) >= 11 is 0. The van der Waals surface area contributed by atoms with Gasteiger partial charge in [-0.2, -0.15) is 0 Å². The van der Waals surface area contributed by atoms with Gasteiger partial charge in [0.2, 0.25) is 0 Å². The number of hydrogen-bond donors (Lipinski definition) is 1. The van der Waals surface area contributed by atoms with Gasteiger partial charge in [-0.25, -0.2) is 14.4 Å². The molecule has 3 nitrogen and oxygen atoms in total. The molecule has 0 aliphatic carbocycles. The number of anilines is 1. The highest BCUT2D eigenvalue weighted by Gasteiger charge is 2.04. The fourth-order valence-electron chi connectivity index (χ4n) is 1.73. The number of nitrogens with zero attached hydrogens (tertiary/aromatic N) is 2. The van der Waals surface area contributed by atoms with Gasteiger partial charge in [-0.1, -0.05) is 12.1 Å². The second-order valence-electron chi connectivity index (χ2n) is 4.01. The van der Waals surface area contributed by atoms with Crippen LogP contribution in [-0.4, -0.2) is 16.0 Å². The van der Waals surface area contributed by atoms with Crippen LogP contribution < -0.4 is 5.32 Å². The summed E-state index contributed by atoms with van der Waals surface area (Å²) in [4.78, 5) is 7.85. The third-order valence-corrected chi connectivity index (χ3v) is 2.40. The molecule has 88 valence electrons. The Labute approximate surface area is 99.7 Å². The first-order chi connectivity index (χ1) is 8.24. The Hall–Kier alpha value is -1.97. The lowest BCUT2D eigenvalue weighted by Crippen LogP contribution is -2.18. The first kappa shape index (κ1) is 11.5. The molecule has 0 aliphatic rings. The molecule has 0 saturated heterocycles. The predicted octanol–water partition coefficient (Wildman–Crippen LogP) is 2.66. The summed E-state index contributed by atoms with van der Waals surface area (Å²) < 4.78 is 13.0. The van der Waals surface area contributed by atoms with Crippen molar-refractivity contribution in [3.63, 3.8) is 0 Å². The predicted molar refractivity (Wildman–Crippen MR) is 65.2 cm³/mol. The van der Waals surface area contributed by atoms with Crippen LogP contribution in [0.5, 0.6) is 0 Å². The Balaban J connectivity index is 1.96. The number of hydrogen-bond acceptors (Lipinski definition) is 3. The SMILES string of the molecule is CC(Cc1cccc(F)c1)Nc1cncnc1. The van der Waals surface area contributed by atoms with E-state index in [0.29, 0.717) is 0 Å². The maximum Gasteiger partial charge on any atom is 0.123 e. The molecule has 1 aromatic carbocycles. The Morgan fingerprint density at radius 1 is 1.29 bits per heavy atom. The minimum atomic E-state index is -0.197. The molecule has 0 radical (unpaired) electrons. The molecule has 0 spiro atoms. The largest absolute Gasteiger partial charge is 0.380 e. The van der Waals surface area contributed by atoms with Gasteiger partial charge in [-0.3, -0.25) is 0 Å². The standard InChI is InChI=1S/C13H14FN3/c1-10(17-13-7-15-9-16-8-13)5-11-3-2-4-12(14)6-11/h2-4,6-10,17H,5H2,1H3. The van der Waals surface area contributed by atoms with Crippen LogP contribution >= 0.6 is 0 Å². The van der Waals surface area contributed by atoms with E-state index in [1.807, 2.05) is 13.0 Å². The van der Waals surface area contributed by atoms with E-state index in [-0.39, 0.29) is 11.9 Å². The molecule has 17 heavy (non-hydrogen) atoms. The number of rotatable bonds is 4. The summed E-state index contributed by atoms with van der Waals surface area (Å²) in [5, 5.41) is 3.26. The van der Waals surface area contributed by atoms with E-state index >= 15 is 0 Å². The van der Waals surface area contributed by atoms with Gasteiger partial charge < -0.3 is 5.32 Å². The van der Waals surface area contributed by atoms with Crippen molar-refractivity contribution in [1.29, 1.82) is 0 Å². The molecular formula is C13H14FN3. The van der Waals surface area contributed by atoms with Crippen LogP contribution in [0.2, 0.25) is 0 Å². The molecule has 0 aliphatic heterocycles. The van der Waals surface area contributed by atoms with Gasteiger partial charge in [0.1, 0.15) is 12.1 Å². The molecule has 0 bridgehead atoms. The number of halogens is 1. The van der Waals surface area contributed by atoms with Crippen LogP contribution in [0, 0.1) is 5.82 Å². The number of nitrogens with one attached hydrogen (secondary N) is 1. The molecule has 0 saturated carbocycles. The van der Waals surface area contributed by atoms with E-state index in [1.165, 1.54) is 12.4 Å². The third-order valence-electron chi connectivity index (χ3n) is 2.40. The van der Waals surface area contributed by atoms with Gasteiger partial charge in [0, 0.05) is 6.04 Å². The maximum atomic E-state index is 13.0. The van der Waals surface area contributed by atoms with Crippen molar-refractivity contribution in [3.05, 3.63) is 54.4 Å². The van der Waals surface area contributed by atoms with Crippen molar-refractivity contribution >= 4 is 5.69 Å². The number of benzene rings is 1. The average Bonchev–Trinajstić information content (AvgIpc) is 2.30. The first-order valence-electron chi connectivity index (χ1n) is 5.50. The molecule has 1 heterocycles. The maximum absolute atomic E-state index is 13.0. The second kappa shape index (κ2) is 5.39. The summed E-state index contributed by atoms with van der Waals surface area (Å²) in [5.41, 5.74) is 1.85. The quantitative estimate of drug-likeness (QED) is 0.879. The monoisotopic (exact) mass is 231 g/mol. The van der Waals surface area contributed by atoms with Gasteiger partial charge in [0.15, 0.2) is 0 Å². The van der Waals surface area contributed by atoms with Crippen molar-refractivity contribution in [3.8, 4) is 0 Å². The topological polar surface area (TPSA) is 37.8 Å². The van der Waals surface area contributed by atoms with Crippen molar-refractivity contribution < 1.29 is 4.39 Å². The fraction of sp³-hybridized carbons (Fsp3) is 0.231. The molecule has 4 heteroatoms. The van der Waals surface area contributed by atoms with Crippen molar-refractivity contribution in [1.82, 2.24) is 9.97 Å². The fourth-order valence-corrected chi connectivity index (χ4v) is 1.73. The Bertz CT molecular complexity index is 473. The second-order valence-corrected chi connectivity index (χ2v) is 4.01. The first-order valence-corrected chi connectivity index (χ1v) is 5.50. The van der Waals surface area contributed by atoms with Crippen LogP contribution in [-0.2, 0) is 6.42 Å².